The molecular weight excluding hydrogens is 292 g/mol. The number of carbonyl (C=O) groups is 1. The van der Waals surface area contributed by atoms with Gasteiger partial charge >= 0.3 is 5.91 Å². The lowest BCUT2D eigenvalue weighted by Gasteiger charge is -2.41. The largest absolute Gasteiger partial charge is 0.354 e. The normalized spacial score (nSPS) is 35.6. The Morgan fingerprint density at radius 3 is 3.48 bits per heavy atom. The summed E-state index contributed by atoms with van der Waals surface area (Å²) < 4.78 is 105. The quantitative estimate of drug-likeness (QED) is 0.869. The van der Waals surface area contributed by atoms with E-state index in [1.54, 1.807) is 0 Å². The number of rotatable bonds is 3. The maximum Gasteiger partial charge on any atom is 0.302 e. The van der Waals surface area contributed by atoms with Gasteiger partial charge in [-0.05, 0) is 18.4 Å². The lowest BCUT2D eigenvalue weighted by molar-refractivity contribution is -0.130. The second kappa shape index (κ2) is 6.24. The van der Waals surface area contributed by atoms with Gasteiger partial charge in [-0.2, -0.15) is 0 Å². The van der Waals surface area contributed by atoms with Gasteiger partial charge < -0.3 is 19.6 Å². The molecule has 2 aromatic heterocycles. The summed E-state index contributed by atoms with van der Waals surface area (Å²) in [7, 11) is 0. The number of piperidine rings is 1. The number of H-pyrrole nitrogens is 1. The Morgan fingerprint density at radius 2 is 2.70 bits per heavy atom. The summed E-state index contributed by atoms with van der Waals surface area (Å²) >= 11 is 0. The van der Waals surface area contributed by atoms with Crippen molar-refractivity contribution in [2.45, 2.75) is 19.3 Å². The van der Waals surface area contributed by atoms with Crippen LogP contribution in [0.3, 0.4) is 0 Å². The van der Waals surface area contributed by atoms with Gasteiger partial charge in [-0.15, -0.1) is 0 Å². The molecule has 1 fully saturated rings. The van der Waals surface area contributed by atoms with E-state index in [0.717, 1.165) is 0 Å². The van der Waals surface area contributed by atoms with E-state index in [-0.39, 0.29) is 15.9 Å². The summed E-state index contributed by atoms with van der Waals surface area (Å²) in [5, 5.41) is -0.0230. The second-order valence-electron chi connectivity index (χ2n) is 4.66. The number of aromatic amines is 1. The Bertz CT molecular complexity index is 1210. The minimum Gasteiger partial charge on any atom is -0.354 e. The van der Waals surface area contributed by atoms with E-state index in [1.807, 2.05) is 0 Å². The highest BCUT2D eigenvalue weighted by atomic mass is 16.2. The van der Waals surface area contributed by atoms with Gasteiger partial charge in [0.1, 0.15) is 21.9 Å². The minimum atomic E-state index is -3.50. The van der Waals surface area contributed by atoms with Crippen molar-refractivity contribution < 1.29 is 22.6 Å². The molecule has 0 saturated carbocycles. The van der Waals surface area contributed by atoms with E-state index in [0.29, 0.717) is 4.90 Å². The van der Waals surface area contributed by atoms with Crippen LogP contribution in [0.4, 0.5) is 5.82 Å². The predicted molar refractivity (Wildman–Crippen MR) is 87.9 cm³/mol. The number of nitrogens with zero attached hydrogens (tertiary/aromatic N) is 5. The number of hydrogen-bond donors (Lipinski definition) is 1. The molecule has 2 aromatic rings. The van der Waals surface area contributed by atoms with Crippen molar-refractivity contribution >= 4 is 22.8 Å². The lowest BCUT2D eigenvalue weighted by Crippen LogP contribution is -2.53. The van der Waals surface area contributed by atoms with Gasteiger partial charge in [0.05, 0.1) is 14.2 Å². The number of nitrogens with one attached hydrogen (secondary N) is 1. The maximum atomic E-state index is 12.9. The first-order valence-electron chi connectivity index (χ1n) is 13.0. The van der Waals surface area contributed by atoms with Crippen LogP contribution < -0.4 is 4.90 Å². The molecule has 7 heteroatoms. The predicted octanol–water partition coefficient (Wildman–Crippen LogP) is 1.55. The summed E-state index contributed by atoms with van der Waals surface area (Å²) in [5.41, 5.74) is -0.0198. The van der Waals surface area contributed by atoms with Crippen LogP contribution in [0.25, 0.3) is 15.9 Å². The fraction of sp³-hybridized carbons (Fsp3) is 0.500. The molecule has 1 amide bonds. The Morgan fingerprint density at radius 1 is 1.78 bits per heavy atom. The number of likely N-dealkylation sites (tertiary alicyclic amines) is 1. The molecule has 0 bridgehead atoms. The highest BCUT2D eigenvalue weighted by Gasteiger charge is 2.33. The molecule has 0 unspecified atom stereocenters. The number of amides is 1. The monoisotopic (exact) mass is 325 g/mol. The fourth-order valence-electron chi connectivity index (χ4n) is 2.17. The highest BCUT2D eigenvalue weighted by molar-refractivity contribution is 5.87. The molecule has 1 aliphatic rings. The standard InChI is InChI=1S/C16H20N6O/c1-11-5-7-22(14(23)8-17-2)9-13(11)21(3)16-12-4-6-18-15(12)19-10-20-16/h4,6,10-11,13H,5,7-9H2,1,3H3,(H,18,19,20)/t11-,13+/m1/s1/i1D3,3D3,7D2,8D2,9D2,10D. The molecule has 0 aliphatic carbocycles. The first-order chi connectivity index (χ1) is 16.2. The molecule has 23 heavy (non-hydrogen) atoms. The molecule has 1 saturated heterocycles. The van der Waals surface area contributed by atoms with Crippen molar-refractivity contribution in [1.82, 2.24) is 19.9 Å². The number of anilines is 1. The first-order valence-corrected chi connectivity index (χ1v) is 6.51. The third kappa shape index (κ3) is 2.84. The van der Waals surface area contributed by atoms with Gasteiger partial charge in [-0.3, -0.25) is 4.79 Å². The molecule has 0 spiro atoms. The van der Waals surface area contributed by atoms with E-state index >= 15 is 0 Å². The highest BCUT2D eigenvalue weighted by Crippen LogP contribution is 2.28. The first kappa shape index (κ1) is 6.11. The fourth-order valence-corrected chi connectivity index (χ4v) is 2.17. The summed E-state index contributed by atoms with van der Waals surface area (Å²) in [5.74, 6) is -4.57. The Balaban J connectivity index is 2.38. The van der Waals surface area contributed by atoms with Crippen LogP contribution in [-0.2, 0) is 4.79 Å². The molecule has 7 nitrogen and oxygen atoms in total. The molecule has 3 heterocycles. The molecule has 120 valence electrons. The minimum absolute atomic E-state index is 0.0198. The van der Waals surface area contributed by atoms with Crippen LogP contribution >= 0.6 is 0 Å². The zero-order valence-corrected chi connectivity index (χ0v) is 11.7. The Hall–Kier alpha value is -2.62. The zero-order valence-electron chi connectivity index (χ0n) is 24.7. The average Bonchev–Trinajstić information content (AvgIpc) is 3.15. The maximum absolute atomic E-state index is 12.9. The van der Waals surface area contributed by atoms with Crippen molar-refractivity contribution in [3.63, 3.8) is 0 Å². The van der Waals surface area contributed by atoms with Crippen molar-refractivity contribution in [3.05, 3.63) is 30.0 Å². The number of likely N-dealkylation sites (N-methyl/N-ethyl adjacent to an activating group) is 1. The van der Waals surface area contributed by atoms with Gasteiger partial charge in [0.25, 0.3) is 6.50 Å². The van der Waals surface area contributed by atoms with Crippen LogP contribution in [0.1, 0.15) is 31.1 Å². The van der Waals surface area contributed by atoms with E-state index in [2.05, 4.69) is 19.8 Å². The summed E-state index contributed by atoms with van der Waals surface area (Å²) in [4.78, 5) is 25.7. The topological polar surface area (TPSA) is 69.5 Å². The summed E-state index contributed by atoms with van der Waals surface area (Å²) in [6.45, 7) is -9.61. The van der Waals surface area contributed by atoms with Gasteiger partial charge in [0, 0.05) is 37.1 Å². The SMILES string of the molecule is [2H]c1nc(N([C@@H]2[C@H](C([2H])([2H])[2H])CC([2H])([2H])N(C(=O)C([2H])([2H])[N+]#[C-])C2([2H])[2H])C([2H])([2H])[2H])c2cc[nH]c2n1. The molecule has 1 N–H and O–H groups in total. The molecular formula is C16H20N6O. The van der Waals surface area contributed by atoms with E-state index in [1.165, 1.54) is 12.3 Å². The number of carbonyl (C=O) groups excluding carboxylic acids is 1. The summed E-state index contributed by atoms with van der Waals surface area (Å²) in [6.07, 6.45) is -0.478. The van der Waals surface area contributed by atoms with Crippen LogP contribution in [0.2, 0.25) is 0 Å². The van der Waals surface area contributed by atoms with E-state index in [4.69, 9.17) is 24.4 Å². The van der Waals surface area contributed by atoms with Crippen molar-refractivity contribution in [2.75, 3.05) is 31.4 Å². The van der Waals surface area contributed by atoms with Gasteiger partial charge in [0.15, 0.2) is 0 Å². The average molecular weight is 325 g/mol. The molecule has 0 radical (unpaired) electrons. The van der Waals surface area contributed by atoms with Crippen LogP contribution in [0, 0.1) is 12.5 Å². The lowest BCUT2D eigenvalue weighted by atomic mass is 9.92. The second-order valence-corrected chi connectivity index (χ2v) is 4.66. The number of aromatic nitrogens is 3. The van der Waals surface area contributed by atoms with Crippen LogP contribution in [-0.4, -0.2) is 58.3 Å². The van der Waals surface area contributed by atoms with Crippen molar-refractivity contribution in [2.24, 2.45) is 5.92 Å². The van der Waals surface area contributed by atoms with Crippen molar-refractivity contribution in [1.29, 1.82) is 0 Å². The molecule has 2 atom stereocenters. The Kier molecular flexibility index (Phi) is 1.66. The van der Waals surface area contributed by atoms with Gasteiger partial charge in [-0.25, -0.2) is 16.5 Å². The third-order valence-electron chi connectivity index (χ3n) is 3.26. The van der Waals surface area contributed by atoms with E-state index in [9.17, 15) is 4.79 Å². The summed E-state index contributed by atoms with van der Waals surface area (Å²) in [6, 6.07) is -1.04. The van der Waals surface area contributed by atoms with Crippen LogP contribution in [0.15, 0.2) is 18.6 Å². The smallest absolute Gasteiger partial charge is 0.302 e. The van der Waals surface area contributed by atoms with E-state index < -0.39 is 69.7 Å². The van der Waals surface area contributed by atoms with Crippen molar-refractivity contribution in [3.8, 4) is 0 Å². The van der Waals surface area contributed by atoms with Gasteiger partial charge in [0.2, 0.25) is 0 Å². The molecule has 1 aliphatic heterocycles. The third-order valence-corrected chi connectivity index (χ3v) is 3.26. The molecule has 3 rings (SSSR count). The zero-order chi connectivity index (χ0) is 27.6. The molecule has 0 aromatic carbocycles. The number of fused-ring (bicyclic) bond motifs is 1. The number of hydrogen-bond acceptors (Lipinski definition) is 4. The Labute approximate surface area is 153 Å². The van der Waals surface area contributed by atoms with Gasteiger partial charge in [-0.1, -0.05) is 6.85 Å². The van der Waals surface area contributed by atoms with Crippen LogP contribution in [0.5, 0.6) is 0 Å².